The Bertz CT molecular complexity index is 925. The van der Waals surface area contributed by atoms with E-state index in [2.05, 4.69) is 47.5 Å². The number of nitrogens with one attached hydrogen (secondary N) is 1. The van der Waals surface area contributed by atoms with Crippen molar-refractivity contribution in [3.8, 4) is 0 Å². The molecule has 0 saturated carbocycles. The molecule has 0 aliphatic carbocycles. The van der Waals surface area contributed by atoms with Gasteiger partial charge in [-0.25, -0.2) is 4.79 Å². The Balaban J connectivity index is 1.81. The zero-order valence-corrected chi connectivity index (χ0v) is 14.4. The lowest BCUT2D eigenvalue weighted by Crippen LogP contribution is -2.45. The summed E-state index contributed by atoms with van der Waals surface area (Å²) in [6, 6.07) is 18.4. The third-order valence-corrected chi connectivity index (χ3v) is 4.87. The number of nitrogens with zero attached hydrogens (tertiary/aromatic N) is 1. The van der Waals surface area contributed by atoms with Crippen molar-refractivity contribution in [3.63, 3.8) is 0 Å². The van der Waals surface area contributed by atoms with Crippen LogP contribution in [0, 0.1) is 6.92 Å². The second-order valence-corrected chi connectivity index (χ2v) is 6.65. The Morgan fingerprint density at radius 1 is 0.960 bits per heavy atom. The van der Waals surface area contributed by atoms with Crippen LogP contribution in [-0.2, 0) is 0 Å². The lowest BCUT2D eigenvalue weighted by molar-refractivity contribution is 0.198. The fourth-order valence-corrected chi connectivity index (χ4v) is 3.55. The molecular formula is C21H22N2O2. The first-order valence-electron chi connectivity index (χ1n) is 8.76. The Labute approximate surface area is 147 Å². The average Bonchev–Trinajstić information content (AvgIpc) is 2.64. The quantitative estimate of drug-likeness (QED) is 0.748. The second kappa shape index (κ2) is 6.82. The topological polar surface area (TPSA) is 45.5 Å². The number of rotatable bonds is 3. The molecule has 4 nitrogen and oxygen atoms in total. The molecule has 1 aliphatic heterocycles. The van der Waals surface area contributed by atoms with Gasteiger partial charge in [0.1, 0.15) is 5.58 Å². The molecule has 2 aromatic carbocycles. The Morgan fingerprint density at radius 3 is 2.40 bits per heavy atom. The number of aryl methyl sites for hydroxylation is 1. The van der Waals surface area contributed by atoms with Crippen molar-refractivity contribution < 1.29 is 4.42 Å². The highest BCUT2D eigenvalue weighted by molar-refractivity contribution is 5.77. The van der Waals surface area contributed by atoms with E-state index >= 15 is 0 Å². The van der Waals surface area contributed by atoms with Crippen LogP contribution in [-0.4, -0.2) is 31.1 Å². The minimum atomic E-state index is -0.307. The number of hydrogen-bond acceptors (Lipinski definition) is 4. The summed E-state index contributed by atoms with van der Waals surface area (Å²) in [5, 5.41) is 4.37. The number of piperazine rings is 1. The Kier molecular flexibility index (Phi) is 4.38. The molecule has 0 bridgehead atoms. The maximum atomic E-state index is 11.6. The molecule has 0 radical (unpaired) electrons. The van der Waals surface area contributed by atoms with Crippen molar-refractivity contribution in [2.24, 2.45) is 0 Å². The van der Waals surface area contributed by atoms with Crippen molar-refractivity contribution in [1.29, 1.82) is 0 Å². The van der Waals surface area contributed by atoms with Gasteiger partial charge in [0.15, 0.2) is 0 Å². The van der Waals surface area contributed by atoms with E-state index < -0.39 is 0 Å². The van der Waals surface area contributed by atoms with Gasteiger partial charge in [-0.2, -0.15) is 0 Å². The summed E-state index contributed by atoms with van der Waals surface area (Å²) in [4.78, 5) is 14.1. The molecule has 1 aliphatic rings. The summed E-state index contributed by atoms with van der Waals surface area (Å²) in [6.07, 6.45) is 0. The molecule has 1 N–H and O–H groups in total. The zero-order chi connectivity index (χ0) is 17.2. The molecule has 1 fully saturated rings. The fourth-order valence-electron chi connectivity index (χ4n) is 3.55. The molecular weight excluding hydrogens is 312 g/mol. The van der Waals surface area contributed by atoms with Gasteiger partial charge in [-0.3, -0.25) is 4.90 Å². The van der Waals surface area contributed by atoms with Crippen LogP contribution in [0.4, 0.5) is 0 Å². The van der Waals surface area contributed by atoms with Crippen molar-refractivity contribution in [2.45, 2.75) is 13.0 Å². The van der Waals surface area contributed by atoms with Crippen LogP contribution < -0.4 is 10.9 Å². The van der Waals surface area contributed by atoms with Gasteiger partial charge < -0.3 is 9.73 Å². The number of hydrogen-bond donors (Lipinski definition) is 1. The number of fused-ring (bicyclic) bond motifs is 1. The highest BCUT2D eigenvalue weighted by atomic mass is 16.4. The molecule has 2 heterocycles. The van der Waals surface area contributed by atoms with E-state index in [9.17, 15) is 4.79 Å². The SMILES string of the molecule is Cc1ccc(C(c2ccc3ccc(=O)oc3c2)N2CCNCC2)cc1. The van der Waals surface area contributed by atoms with E-state index in [1.54, 1.807) is 0 Å². The summed E-state index contributed by atoms with van der Waals surface area (Å²) < 4.78 is 5.41. The van der Waals surface area contributed by atoms with Crippen LogP contribution >= 0.6 is 0 Å². The maximum Gasteiger partial charge on any atom is 0.336 e. The molecule has 1 saturated heterocycles. The van der Waals surface area contributed by atoms with E-state index in [0.29, 0.717) is 5.58 Å². The van der Waals surface area contributed by atoms with Crippen molar-refractivity contribution >= 4 is 11.0 Å². The summed E-state index contributed by atoms with van der Waals surface area (Å²) in [6.45, 7) is 6.08. The van der Waals surface area contributed by atoms with E-state index in [4.69, 9.17) is 4.42 Å². The standard InChI is InChI=1S/C21H22N2O2/c1-15-2-4-17(5-3-15)21(23-12-10-22-11-13-23)18-7-6-16-8-9-20(24)25-19(16)14-18/h2-9,14,21-22H,10-13H2,1H3. The third kappa shape index (κ3) is 3.36. The minimum Gasteiger partial charge on any atom is -0.423 e. The first-order valence-corrected chi connectivity index (χ1v) is 8.76. The predicted molar refractivity (Wildman–Crippen MR) is 99.9 cm³/mol. The van der Waals surface area contributed by atoms with Gasteiger partial charge in [0.05, 0.1) is 6.04 Å². The molecule has 1 atom stereocenters. The summed E-state index contributed by atoms with van der Waals surface area (Å²) in [5.41, 5.74) is 4.03. The highest BCUT2D eigenvalue weighted by Gasteiger charge is 2.24. The third-order valence-electron chi connectivity index (χ3n) is 4.87. The summed E-state index contributed by atoms with van der Waals surface area (Å²) in [5.74, 6) is 0. The normalized spacial score (nSPS) is 16.8. The highest BCUT2D eigenvalue weighted by Crippen LogP contribution is 2.31. The van der Waals surface area contributed by atoms with E-state index in [1.807, 2.05) is 18.2 Å². The van der Waals surface area contributed by atoms with Crippen LogP contribution in [0.5, 0.6) is 0 Å². The monoisotopic (exact) mass is 334 g/mol. The Morgan fingerprint density at radius 2 is 1.64 bits per heavy atom. The van der Waals surface area contributed by atoms with Crippen LogP contribution in [0.1, 0.15) is 22.7 Å². The van der Waals surface area contributed by atoms with Gasteiger partial charge in [0.25, 0.3) is 0 Å². The fraction of sp³-hybridized carbons (Fsp3) is 0.286. The summed E-state index contributed by atoms with van der Waals surface area (Å²) >= 11 is 0. The Hall–Kier alpha value is -2.43. The van der Waals surface area contributed by atoms with Gasteiger partial charge in [-0.05, 0) is 30.2 Å². The van der Waals surface area contributed by atoms with Crippen molar-refractivity contribution in [1.82, 2.24) is 10.2 Å². The second-order valence-electron chi connectivity index (χ2n) is 6.65. The van der Waals surface area contributed by atoms with Crippen molar-refractivity contribution in [3.05, 3.63) is 81.7 Å². The van der Waals surface area contributed by atoms with Crippen LogP contribution in [0.3, 0.4) is 0 Å². The number of benzene rings is 2. The lowest BCUT2D eigenvalue weighted by atomic mass is 9.95. The lowest BCUT2D eigenvalue weighted by Gasteiger charge is -2.35. The molecule has 1 aromatic heterocycles. The van der Waals surface area contributed by atoms with E-state index in [-0.39, 0.29) is 11.7 Å². The van der Waals surface area contributed by atoms with Crippen molar-refractivity contribution in [2.75, 3.05) is 26.2 Å². The maximum absolute atomic E-state index is 11.6. The van der Waals surface area contributed by atoms with Crippen LogP contribution in [0.25, 0.3) is 11.0 Å². The molecule has 4 rings (SSSR count). The first-order chi connectivity index (χ1) is 12.2. The first kappa shape index (κ1) is 16.1. The largest absolute Gasteiger partial charge is 0.423 e. The smallest absolute Gasteiger partial charge is 0.336 e. The minimum absolute atomic E-state index is 0.164. The van der Waals surface area contributed by atoms with E-state index in [0.717, 1.165) is 37.1 Å². The molecule has 3 aromatic rings. The average molecular weight is 334 g/mol. The van der Waals surface area contributed by atoms with Gasteiger partial charge in [-0.1, -0.05) is 42.0 Å². The molecule has 0 spiro atoms. The van der Waals surface area contributed by atoms with Gasteiger partial charge >= 0.3 is 5.63 Å². The predicted octanol–water partition coefficient (Wildman–Crippen LogP) is 3.10. The van der Waals surface area contributed by atoms with Gasteiger partial charge in [0.2, 0.25) is 0 Å². The molecule has 128 valence electrons. The van der Waals surface area contributed by atoms with Crippen LogP contribution in [0.15, 0.2) is 63.8 Å². The van der Waals surface area contributed by atoms with Gasteiger partial charge in [-0.15, -0.1) is 0 Å². The molecule has 1 unspecified atom stereocenters. The molecule has 25 heavy (non-hydrogen) atoms. The summed E-state index contributed by atoms with van der Waals surface area (Å²) in [7, 11) is 0. The van der Waals surface area contributed by atoms with Gasteiger partial charge in [0, 0.05) is 37.6 Å². The zero-order valence-electron chi connectivity index (χ0n) is 14.4. The molecule has 4 heteroatoms. The molecule has 0 amide bonds. The van der Waals surface area contributed by atoms with E-state index in [1.165, 1.54) is 17.2 Å². The van der Waals surface area contributed by atoms with Crippen LogP contribution in [0.2, 0.25) is 0 Å².